The van der Waals surface area contributed by atoms with Crippen LogP contribution in [0.4, 0.5) is 0 Å². The lowest BCUT2D eigenvalue weighted by Gasteiger charge is -2.50. The van der Waals surface area contributed by atoms with Crippen molar-refractivity contribution < 1.29 is 187 Å². The molecule has 0 saturated carbocycles. The van der Waals surface area contributed by atoms with Gasteiger partial charge in [0, 0.05) is 4.90 Å². The highest BCUT2D eigenvalue weighted by Gasteiger charge is 2.60. The van der Waals surface area contributed by atoms with E-state index in [0.29, 0.717) is 10.8 Å². The van der Waals surface area contributed by atoms with Crippen LogP contribution in [0, 0.1) is 0 Å². The first-order valence-electron chi connectivity index (χ1n) is 30.3. The molecule has 0 amide bonds. The third-order valence-electron chi connectivity index (χ3n) is 17.8. The number of rotatable bonds is 12. The normalized spacial score (nSPS) is 48.1. The molecule has 37 atom stereocenters. The van der Waals surface area contributed by atoms with Gasteiger partial charge in [0.15, 0.2) is 49.6 Å². The van der Waals surface area contributed by atoms with Gasteiger partial charge in [0.05, 0.1) is 56.2 Å². The minimum absolute atomic E-state index is 0.242. The Balaban J connectivity index is 0.943. The Bertz CT molecular complexity index is 2810. The standard InChI is InChI=1S/C56H82O38S/c1-56(78,16-95(79)26-8-4-6-17-5-2-3-7-18(17)26)55(77)80-15-25-47-33(69)40(76)54(87-25)93-46-24(14-62)85-52(38(74)31(46)67)91-44-22(12-60)83-50(36(72)29(44)65)89-42-20(10-58)81-48(34(70)27(42)63)88-41-19(9-57)82-49(35(71)28(41)64)90-43-21(11-59)84-51(37(73)30(43)66)92-45-23(13-61)86-53(94-47)39(75)32(45)68/h2-8,19-25,27-54,57-76,78H,9-16H2,1H3/t19-,20-,21-,22-,23-,24-,25-,27-,28-,29-,30-,31-,32-,33-,34-,35-,36-,37-,38-,39-,40-,41-,42-,43-,44-,45-,46-,47-,48-,49-,50-,51-,52-,53-,54-,56-,95?/m1/s1. The molecule has 0 radical (unpaired) electrons. The number of aliphatic hydroxyl groups is 21. The molecule has 0 aromatic heterocycles. The van der Waals surface area contributed by atoms with Gasteiger partial charge >= 0.3 is 5.97 Å². The van der Waals surface area contributed by atoms with Gasteiger partial charge in [-0.3, -0.25) is 4.21 Å². The molecule has 1 unspecified atom stereocenters. The quantitative estimate of drug-likeness (QED) is 0.0878. The first kappa shape index (κ1) is 74.6. The second-order valence-electron chi connectivity index (χ2n) is 24.3. The third-order valence-corrected chi connectivity index (χ3v) is 19.5. The number of fused-ring (bicyclic) bond motifs is 1. The zero-order valence-electron chi connectivity index (χ0n) is 50.1. The Morgan fingerprint density at radius 3 is 0.884 bits per heavy atom. The third kappa shape index (κ3) is 15.1. The van der Waals surface area contributed by atoms with Gasteiger partial charge in [0.25, 0.3) is 0 Å². The number of carbonyl (C=O) groups excluding carboxylic acids is 1. The lowest BCUT2D eigenvalue weighted by Crippen LogP contribution is -2.68. The summed E-state index contributed by atoms with van der Waals surface area (Å²) in [5, 5.41) is 237. The van der Waals surface area contributed by atoms with Gasteiger partial charge in [-0.15, -0.1) is 0 Å². The molecule has 21 aliphatic heterocycles. The summed E-state index contributed by atoms with van der Waals surface area (Å²) in [5.41, 5.74) is -2.57. The molecular formula is C56H82O38S. The van der Waals surface area contributed by atoms with Crippen LogP contribution < -0.4 is 0 Å². The van der Waals surface area contributed by atoms with Gasteiger partial charge in [0.2, 0.25) is 0 Å². The molecule has 21 saturated heterocycles. The summed E-state index contributed by atoms with van der Waals surface area (Å²) in [6, 6.07) is 11.7. The van der Waals surface area contributed by atoms with E-state index in [2.05, 4.69) is 0 Å². The first-order valence-corrected chi connectivity index (χ1v) is 31.6. The van der Waals surface area contributed by atoms with E-state index in [-0.39, 0.29) is 4.90 Å². The summed E-state index contributed by atoms with van der Waals surface area (Å²) >= 11 is 0. The van der Waals surface area contributed by atoms with Crippen molar-refractivity contribution in [2.24, 2.45) is 0 Å². The number of ether oxygens (including phenoxy) is 15. The van der Waals surface area contributed by atoms with E-state index in [1.807, 2.05) is 0 Å². The number of benzene rings is 2. The molecule has 38 nitrogen and oxygen atoms in total. The number of hydrogen-bond acceptors (Lipinski definition) is 38. The van der Waals surface area contributed by atoms with Crippen LogP contribution in [0.15, 0.2) is 47.4 Å². The molecule has 2 aromatic rings. The number of aliphatic hydroxyl groups excluding tert-OH is 20. The van der Waals surface area contributed by atoms with Crippen molar-refractivity contribution in [2.75, 3.05) is 52.0 Å². The van der Waals surface area contributed by atoms with Gasteiger partial charge < -0.3 is 178 Å². The van der Waals surface area contributed by atoms with E-state index < -0.39 is 289 Å². The fraction of sp³-hybridized carbons (Fsp3) is 0.804. The van der Waals surface area contributed by atoms with Crippen molar-refractivity contribution in [3.8, 4) is 0 Å². The summed E-state index contributed by atoms with van der Waals surface area (Å²) in [6.07, 6.45) is -73.6. The maximum atomic E-state index is 13.9. The van der Waals surface area contributed by atoms with Crippen LogP contribution in [-0.2, 0) is 86.6 Å². The molecule has 14 bridgehead atoms. The maximum Gasteiger partial charge on any atom is 0.338 e. The monoisotopic (exact) mass is 1390 g/mol. The summed E-state index contributed by atoms with van der Waals surface area (Å²) in [5.74, 6) is -2.22. The van der Waals surface area contributed by atoms with Gasteiger partial charge in [-0.25, -0.2) is 4.79 Å². The fourth-order valence-electron chi connectivity index (χ4n) is 12.5. The Labute approximate surface area is 540 Å². The minimum Gasteiger partial charge on any atom is -0.461 e. The van der Waals surface area contributed by atoms with Crippen LogP contribution in [0.25, 0.3) is 10.8 Å². The summed E-state index contributed by atoms with van der Waals surface area (Å²) in [7, 11) is -2.09. The van der Waals surface area contributed by atoms with Crippen LogP contribution in [0.2, 0.25) is 0 Å². The van der Waals surface area contributed by atoms with Gasteiger partial charge in [-0.05, 0) is 23.8 Å². The van der Waals surface area contributed by atoms with Crippen LogP contribution >= 0.6 is 0 Å². The molecule has 2 aromatic carbocycles. The zero-order chi connectivity index (χ0) is 68.8. The Morgan fingerprint density at radius 1 is 0.368 bits per heavy atom. The SMILES string of the molecule is C[C@@](O)(CS(=O)c1cccc2ccccc12)C(=O)OC[C@H]1O[C@@H]2O[C@H]3[C@H](O)[C@@H](O)[C@@H](O[C@H]4[C@H](O)[C@@H](O)[C@@H](O[C@H]5[C@H](O)[C@@H](O)[C@@H](O[C@H]6[C@H](O)[C@@H](O)[C@@H](O[C@H]7[C@H](O)[C@@H](O)[C@@H](O[C@H]8[C@H](O)[C@@H](O)[C@@H](O[C@H]1[C@H](O)[C@H]2O)O[C@@H]8CO)O[C@@H]7CO)O[C@@H]6CO)O[C@@H]5CO)O[C@@H]4CO)O[C@@H]3CO. The molecule has 21 aliphatic rings. The van der Waals surface area contributed by atoms with Gasteiger partial charge in [-0.1, -0.05) is 36.4 Å². The molecule has 0 aliphatic carbocycles. The summed E-state index contributed by atoms with van der Waals surface area (Å²) in [6.45, 7) is -6.76. The second-order valence-corrected chi connectivity index (χ2v) is 25.7. The van der Waals surface area contributed by atoms with Crippen molar-refractivity contribution in [2.45, 2.75) is 232 Å². The van der Waals surface area contributed by atoms with Crippen molar-refractivity contribution >= 4 is 27.5 Å². The molecule has 39 heteroatoms. The van der Waals surface area contributed by atoms with E-state index in [4.69, 9.17) is 71.1 Å². The van der Waals surface area contributed by atoms with Crippen LogP contribution in [0.3, 0.4) is 0 Å². The van der Waals surface area contributed by atoms with Crippen molar-refractivity contribution in [1.82, 2.24) is 0 Å². The molecule has 23 rings (SSSR count). The predicted molar refractivity (Wildman–Crippen MR) is 298 cm³/mol. The topological polar surface area (TPSA) is 597 Å². The zero-order valence-corrected chi connectivity index (χ0v) is 51.0. The average Bonchev–Trinajstić information content (AvgIpc) is 0.787. The fourth-order valence-corrected chi connectivity index (χ4v) is 13.9. The molecule has 540 valence electrons. The van der Waals surface area contributed by atoms with E-state index in [9.17, 15) is 116 Å². The molecule has 21 heterocycles. The van der Waals surface area contributed by atoms with Gasteiger partial charge in [0.1, 0.15) is 178 Å². The van der Waals surface area contributed by atoms with Gasteiger partial charge in [-0.2, -0.15) is 0 Å². The first-order chi connectivity index (χ1) is 45.2. The van der Waals surface area contributed by atoms with Crippen molar-refractivity contribution in [3.63, 3.8) is 0 Å². The van der Waals surface area contributed by atoms with Crippen molar-refractivity contribution in [3.05, 3.63) is 42.5 Å². The molecule has 95 heavy (non-hydrogen) atoms. The molecule has 21 fully saturated rings. The Kier molecular flexibility index (Phi) is 24.7. The maximum absolute atomic E-state index is 13.9. The average molecular weight is 1400 g/mol. The van der Waals surface area contributed by atoms with Crippen LogP contribution in [-0.4, -0.2) is 390 Å². The smallest absolute Gasteiger partial charge is 0.338 e. The van der Waals surface area contributed by atoms with E-state index in [0.717, 1.165) is 6.92 Å². The Morgan fingerprint density at radius 2 is 0.611 bits per heavy atom. The van der Waals surface area contributed by atoms with E-state index in [1.165, 1.54) is 6.07 Å². The van der Waals surface area contributed by atoms with E-state index >= 15 is 0 Å². The second kappa shape index (κ2) is 31.4. The molecule has 0 spiro atoms. The van der Waals surface area contributed by atoms with Crippen molar-refractivity contribution in [1.29, 1.82) is 0 Å². The molecule has 21 N–H and O–H groups in total. The van der Waals surface area contributed by atoms with E-state index in [1.54, 1.807) is 36.4 Å². The number of esters is 1. The highest BCUT2D eigenvalue weighted by Crippen LogP contribution is 2.39. The summed E-state index contributed by atoms with van der Waals surface area (Å²) in [4.78, 5) is 14.1. The molecular weight excluding hydrogens is 1310 g/mol. The Hall–Kier alpha value is -3.08. The highest BCUT2D eigenvalue weighted by molar-refractivity contribution is 7.85. The van der Waals surface area contributed by atoms with Crippen LogP contribution in [0.1, 0.15) is 6.92 Å². The highest BCUT2D eigenvalue weighted by atomic mass is 32.2. The predicted octanol–water partition coefficient (Wildman–Crippen LogP) is -13.0. The lowest BCUT2D eigenvalue weighted by atomic mass is 9.95. The number of carbonyl (C=O) groups is 1. The minimum atomic E-state index is -2.57. The van der Waals surface area contributed by atoms with Crippen LogP contribution in [0.5, 0.6) is 0 Å². The largest absolute Gasteiger partial charge is 0.461 e. The lowest BCUT2D eigenvalue weighted by molar-refractivity contribution is -0.396. The number of hydrogen-bond donors (Lipinski definition) is 21. The summed E-state index contributed by atoms with van der Waals surface area (Å²) < 4.78 is 100.